The highest BCUT2D eigenvalue weighted by Crippen LogP contribution is 1.92. The fourth-order valence-electron chi connectivity index (χ4n) is 0.408. The Morgan fingerprint density at radius 2 is 1.80 bits per heavy atom. The van der Waals surface area contributed by atoms with E-state index in [0.717, 1.165) is 0 Å². The summed E-state index contributed by atoms with van der Waals surface area (Å²) < 4.78 is 0. The second-order valence-electron chi connectivity index (χ2n) is 1.82. The minimum atomic E-state index is -1.69. The van der Waals surface area contributed by atoms with E-state index in [2.05, 4.69) is 0 Å². The van der Waals surface area contributed by atoms with E-state index in [-0.39, 0.29) is 0 Å². The van der Waals surface area contributed by atoms with Gasteiger partial charge in [0.05, 0.1) is 6.61 Å². The van der Waals surface area contributed by atoms with Crippen LogP contribution in [0.2, 0.25) is 0 Å². The van der Waals surface area contributed by atoms with Crippen molar-refractivity contribution in [1.82, 2.24) is 0 Å². The minimum absolute atomic E-state index is 0.701. The molecular weight excluding hydrogens is 140 g/mol. The first kappa shape index (κ1) is 9.51. The van der Waals surface area contributed by atoms with Crippen molar-refractivity contribution in [3.8, 4) is 0 Å². The van der Waals surface area contributed by atoms with Gasteiger partial charge in [-0.15, -0.1) is 0 Å². The van der Waals surface area contributed by atoms with Crippen molar-refractivity contribution in [3.63, 3.8) is 0 Å². The fraction of sp³-hybridized carbons (Fsp3) is 0.800. The molecule has 5 heteroatoms. The molecule has 0 aliphatic heterocycles. The third-order valence-corrected chi connectivity index (χ3v) is 1.04. The molecule has 0 aromatic heterocycles. The molecule has 0 aromatic carbocycles. The standard InChI is InChI=1S/C5H10O5/c6-1-3(8)5(10)4(9)2-7/h3,5-8,10H,1-2H2/t3-,5?/m1/s1. The Morgan fingerprint density at radius 1 is 1.30 bits per heavy atom. The van der Waals surface area contributed by atoms with E-state index in [0.29, 0.717) is 0 Å². The van der Waals surface area contributed by atoms with Gasteiger partial charge in [0.25, 0.3) is 0 Å². The lowest BCUT2D eigenvalue weighted by Gasteiger charge is -2.11. The van der Waals surface area contributed by atoms with Gasteiger partial charge in [-0.05, 0) is 0 Å². The molecule has 0 aliphatic rings. The van der Waals surface area contributed by atoms with Gasteiger partial charge in [0.2, 0.25) is 0 Å². The normalized spacial score (nSPS) is 16.4. The summed E-state index contributed by atoms with van der Waals surface area (Å²) in [6.07, 6.45) is -3.19. The number of carbonyl (C=O) groups excluding carboxylic acids is 1. The van der Waals surface area contributed by atoms with Crippen LogP contribution in [0.5, 0.6) is 0 Å². The van der Waals surface area contributed by atoms with Crippen LogP contribution in [-0.2, 0) is 4.79 Å². The van der Waals surface area contributed by atoms with Gasteiger partial charge >= 0.3 is 0 Å². The molecular formula is C5H10O5. The number of rotatable bonds is 4. The maximum atomic E-state index is 10.3. The first-order valence-corrected chi connectivity index (χ1v) is 2.74. The Kier molecular flexibility index (Phi) is 4.13. The van der Waals surface area contributed by atoms with Crippen molar-refractivity contribution < 1.29 is 25.2 Å². The Labute approximate surface area is 57.5 Å². The lowest BCUT2D eigenvalue weighted by molar-refractivity contribution is -0.137. The summed E-state index contributed by atoms with van der Waals surface area (Å²) in [7, 11) is 0. The van der Waals surface area contributed by atoms with E-state index in [9.17, 15) is 4.79 Å². The Bertz CT molecular complexity index is 113. The number of Topliss-reactive ketones (excluding diaryl/α,β-unsaturated/α-hetero) is 1. The number of carbonyl (C=O) groups is 1. The summed E-state index contributed by atoms with van der Waals surface area (Å²) in [5.41, 5.74) is 0. The van der Waals surface area contributed by atoms with Crippen LogP contribution in [0, 0.1) is 0 Å². The van der Waals surface area contributed by atoms with Gasteiger partial charge in [-0.2, -0.15) is 0 Å². The van der Waals surface area contributed by atoms with Crippen molar-refractivity contribution in [3.05, 3.63) is 0 Å². The van der Waals surface area contributed by atoms with Gasteiger partial charge < -0.3 is 20.4 Å². The largest absolute Gasteiger partial charge is 0.394 e. The molecule has 0 saturated carbocycles. The van der Waals surface area contributed by atoms with E-state index >= 15 is 0 Å². The van der Waals surface area contributed by atoms with E-state index in [1.165, 1.54) is 0 Å². The topological polar surface area (TPSA) is 98.0 Å². The monoisotopic (exact) mass is 150 g/mol. The molecule has 0 radical (unpaired) electrons. The Balaban J connectivity index is 3.81. The van der Waals surface area contributed by atoms with Crippen LogP contribution in [0.3, 0.4) is 0 Å². The highest BCUT2D eigenvalue weighted by Gasteiger charge is 2.21. The average molecular weight is 150 g/mol. The smallest absolute Gasteiger partial charge is 0.189 e. The van der Waals surface area contributed by atoms with Crippen LogP contribution in [0.1, 0.15) is 0 Å². The third-order valence-electron chi connectivity index (χ3n) is 1.04. The van der Waals surface area contributed by atoms with Crippen molar-refractivity contribution >= 4 is 5.78 Å². The maximum Gasteiger partial charge on any atom is 0.189 e. The summed E-state index contributed by atoms with van der Waals surface area (Å²) in [5, 5.41) is 33.6. The highest BCUT2D eigenvalue weighted by molar-refractivity contribution is 5.84. The van der Waals surface area contributed by atoms with Gasteiger partial charge in [-0.25, -0.2) is 0 Å². The zero-order valence-electron chi connectivity index (χ0n) is 5.27. The number of hydrogen-bond donors (Lipinski definition) is 4. The van der Waals surface area contributed by atoms with Gasteiger partial charge in [0.1, 0.15) is 18.8 Å². The minimum Gasteiger partial charge on any atom is -0.394 e. The molecule has 0 amide bonds. The Morgan fingerprint density at radius 3 is 2.10 bits per heavy atom. The number of aliphatic hydroxyl groups is 4. The molecule has 0 saturated heterocycles. The third kappa shape index (κ3) is 2.40. The first-order valence-electron chi connectivity index (χ1n) is 2.74. The van der Waals surface area contributed by atoms with Crippen LogP contribution < -0.4 is 0 Å². The number of hydrogen-bond acceptors (Lipinski definition) is 5. The Hall–Kier alpha value is -0.490. The fourth-order valence-corrected chi connectivity index (χ4v) is 0.408. The predicted molar refractivity (Wildman–Crippen MR) is 31.2 cm³/mol. The van der Waals surface area contributed by atoms with E-state index in [1.807, 2.05) is 0 Å². The SMILES string of the molecule is O=C(CO)C(O)[C@H](O)CO. The summed E-state index contributed by atoms with van der Waals surface area (Å²) >= 11 is 0. The molecule has 0 fully saturated rings. The molecule has 0 spiro atoms. The molecule has 0 bridgehead atoms. The van der Waals surface area contributed by atoms with Gasteiger partial charge in [-0.1, -0.05) is 0 Å². The molecule has 2 atom stereocenters. The first-order chi connectivity index (χ1) is 4.63. The highest BCUT2D eigenvalue weighted by atomic mass is 16.4. The van der Waals surface area contributed by atoms with E-state index in [1.54, 1.807) is 0 Å². The van der Waals surface area contributed by atoms with Crippen molar-refractivity contribution in [2.75, 3.05) is 13.2 Å². The quantitative estimate of drug-likeness (QED) is 0.348. The summed E-state index contributed by atoms with van der Waals surface area (Å²) in [5.74, 6) is -0.901. The summed E-state index contributed by atoms with van der Waals surface area (Å²) in [6, 6.07) is 0. The molecule has 5 nitrogen and oxygen atoms in total. The molecule has 4 N–H and O–H groups in total. The van der Waals surface area contributed by atoms with Gasteiger partial charge in [-0.3, -0.25) is 4.79 Å². The molecule has 60 valence electrons. The van der Waals surface area contributed by atoms with Crippen molar-refractivity contribution in [1.29, 1.82) is 0 Å². The lowest BCUT2D eigenvalue weighted by atomic mass is 10.1. The number of ketones is 1. The number of aliphatic hydroxyl groups excluding tert-OH is 4. The van der Waals surface area contributed by atoms with Crippen LogP contribution in [0.15, 0.2) is 0 Å². The zero-order chi connectivity index (χ0) is 8.15. The van der Waals surface area contributed by atoms with Crippen LogP contribution >= 0.6 is 0 Å². The maximum absolute atomic E-state index is 10.3. The zero-order valence-corrected chi connectivity index (χ0v) is 5.27. The molecule has 0 aromatic rings. The molecule has 0 rings (SSSR count). The van der Waals surface area contributed by atoms with Gasteiger partial charge in [0, 0.05) is 0 Å². The average Bonchev–Trinajstić information content (AvgIpc) is 2.00. The molecule has 10 heavy (non-hydrogen) atoms. The predicted octanol–water partition coefficient (Wildman–Crippen LogP) is -2.74. The summed E-state index contributed by atoms with van der Waals surface area (Å²) in [4.78, 5) is 10.3. The van der Waals surface area contributed by atoms with Crippen molar-refractivity contribution in [2.45, 2.75) is 12.2 Å². The summed E-state index contributed by atoms with van der Waals surface area (Å²) in [6.45, 7) is -1.54. The molecule has 1 unspecified atom stereocenters. The lowest BCUT2D eigenvalue weighted by Crippen LogP contribution is -2.37. The van der Waals surface area contributed by atoms with E-state index < -0.39 is 31.2 Å². The van der Waals surface area contributed by atoms with Crippen LogP contribution in [0.25, 0.3) is 0 Å². The van der Waals surface area contributed by atoms with Crippen molar-refractivity contribution in [2.24, 2.45) is 0 Å². The molecule has 0 heterocycles. The second kappa shape index (κ2) is 4.35. The second-order valence-corrected chi connectivity index (χ2v) is 1.82. The van der Waals surface area contributed by atoms with E-state index in [4.69, 9.17) is 20.4 Å². The van der Waals surface area contributed by atoms with Crippen LogP contribution in [-0.4, -0.2) is 51.6 Å². The molecule has 0 aliphatic carbocycles. The van der Waals surface area contributed by atoms with Gasteiger partial charge in [0.15, 0.2) is 5.78 Å². The van der Waals surface area contributed by atoms with Crippen LogP contribution in [0.4, 0.5) is 0 Å².